The number of halogens is 2. The molecule has 2 aromatic carbocycles. The summed E-state index contributed by atoms with van der Waals surface area (Å²) in [5.74, 6) is 0. The fourth-order valence-electron chi connectivity index (χ4n) is 3.05. The molecule has 1 aliphatic rings. The van der Waals surface area contributed by atoms with Gasteiger partial charge in [-0.05, 0) is 0 Å². The molecule has 5 heteroatoms. The summed E-state index contributed by atoms with van der Waals surface area (Å²) < 4.78 is 4.80. The van der Waals surface area contributed by atoms with Crippen LogP contribution in [0.5, 0.6) is 0 Å². The SMILES string of the molecule is CN(C)CC1=C(c2ccccc2[CH2][Ti][NH]c2ccccc2)CC=C1.Cl.Cl. The summed E-state index contributed by atoms with van der Waals surface area (Å²) in [6, 6.07) is 19.5. The number of hydrogen-bond donors (Lipinski definition) is 1. The number of anilines is 1. The zero-order chi connectivity index (χ0) is 16.8. The Morgan fingerprint density at radius 2 is 1.65 bits per heavy atom. The number of para-hydroxylation sites is 1. The molecule has 0 radical (unpaired) electrons. The van der Waals surface area contributed by atoms with Gasteiger partial charge in [0, 0.05) is 0 Å². The Morgan fingerprint density at radius 3 is 2.38 bits per heavy atom. The Kier molecular flexibility index (Phi) is 10.3. The van der Waals surface area contributed by atoms with Crippen molar-refractivity contribution in [3.8, 4) is 0 Å². The summed E-state index contributed by atoms with van der Waals surface area (Å²) in [4.78, 5) is 2.25. The zero-order valence-corrected chi connectivity index (χ0v) is 18.4. The standard InChI is InChI=1S/C15H18N.C6H6N.2ClH.Ti/c1-12-7-4-5-9-14(12)15-10-6-8-13(15)11-16(2)3;7-6-4-2-1-3-5-6;;;/h4-9H,1,10-11H2,2-3H3;1-5,7H;2*1H;/q;-1;;;+1. The molecule has 2 aromatic rings. The van der Waals surface area contributed by atoms with Crippen molar-refractivity contribution in [3.05, 3.63) is 83.4 Å². The van der Waals surface area contributed by atoms with E-state index in [-0.39, 0.29) is 44.2 Å². The Bertz CT molecular complexity index is 743. The van der Waals surface area contributed by atoms with E-state index in [4.69, 9.17) is 0 Å². The number of rotatable bonds is 7. The van der Waals surface area contributed by atoms with Crippen LogP contribution in [0, 0.1) is 0 Å². The van der Waals surface area contributed by atoms with Gasteiger partial charge in [-0.25, -0.2) is 0 Å². The van der Waals surface area contributed by atoms with E-state index in [2.05, 4.69) is 89.5 Å². The fraction of sp³-hybridized carbons (Fsp3) is 0.238. The molecule has 0 atom stereocenters. The molecular weight excluding hydrogens is 399 g/mol. The molecule has 1 N–H and O–H groups in total. The molecule has 0 amide bonds. The van der Waals surface area contributed by atoms with Gasteiger partial charge in [0.2, 0.25) is 0 Å². The molecule has 0 aromatic heterocycles. The average Bonchev–Trinajstić information content (AvgIpc) is 3.03. The molecule has 1 aliphatic carbocycles. The van der Waals surface area contributed by atoms with Crippen molar-refractivity contribution in [1.29, 1.82) is 0 Å². The van der Waals surface area contributed by atoms with Crippen LogP contribution in [0.4, 0.5) is 5.69 Å². The molecular formula is C21H26Cl2N2Ti. The van der Waals surface area contributed by atoms with E-state index in [1.165, 1.54) is 28.0 Å². The van der Waals surface area contributed by atoms with Crippen molar-refractivity contribution in [2.45, 2.75) is 11.1 Å². The largest absolute Gasteiger partial charge is 0.147 e. The minimum absolute atomic E-state index is 0. The predicted octanol–water partition coefficient (Wildman–Crippen LogP) is 5.41. The van der Waals surface area contributed by atoms with Gasteiger partial charge in [0.1, 0.15) is 0 Å². The Balaban J connectivity index is 0.00000169. The van der Waals surface area contributed by atoms with E-state index < -0.39 is 0 Å². The second-order valence-electron chi connectivity index (χ2n) is 6.35. The number of benzene rings is 2. The van der Waals surface area contributed by atoms with Crippen molar-refractivity contribution in [2.75, 3.05) is 24.4 Å². The van der Waals surface area contributed by atoms with Crippen molar-refractivity contribution >= 4 is 36.1 Å². The normalized spacial score (nSPS) is 12.6. The molecule has 0 fully saturated rings. The summed E-state index contributed by atoms with van der Waals surface area (Å²) in [5, 5.41) is 0. The molecule has 0 spiro atoms. The fourth-order valence-corrected chi connectivity index (χ4v) is 4.55. The number of nitrogens with zero attached hydrogens (tertiary/aromatic N) is 1. The summed E-state index contributed by atoms with van der Waals surface area (Å²) in [6.07, 6.45) is 5.65. The number of hydrogen-bond acceptors (Lipinski definition) is 2. The summed E-state index contributed by atoms with van der Waals surface area (Å²) in [5.41, 5.74) is 7.13. The number of likely N-dealkylation sites (N-methyl/N-ethyl adjacent to an activating group) is 1. The maximum absolute atomic E-state index is 3.64. The van der Waals surface area contributed by atoms with Crippen LogP contribution < -0.4 is 3.80 Å². The molecule has 0 unspecified atom stereocenters. The van der Waals surface area contributed by atoms with Crippen LogP contribution in [0.25, 0.3) is 5.57 Å². The maximum atomic E-state index is 3.64. The number of allylic oxidation sites excluding steroid dienone is 2. The summed E-state index contributed by atoms with van der Waals surface area (Å²) in [6.45, 7) is 1.01. The van der Waals surface area contributed by atoms with Crippen molar-refractivity contribution in [3.63, 3.8) is 0 Å². The first-order chi connectivity index (χ1) is 11.7. The smallest absolute Gasteiger partial charge is 0.147 e. The van der Waals surface area contributed by atoms with E-state index in [0.29, 0.717) is 0 Å². The monoisotopic (exact) mass is 424 g/mol. The van der Waals surface area contributed by atoms with Gasteiger partial charge in [-0.1, -0.05) is 0 Å². The zero-order valence-electron chi connectivity index (χ0n) is 15.2. The quantitative estimate of drug-likeness (QED) is 0.597. The Hall–Kier alpha value is -1.03. The van der Waals surface area contributed by atoms with E-state index >= 15 is 0 Å². The first kappa shape index (κ1) is 23.0. The van der Waals surface area contributed by atoms with Crippen LogP contribution in [-0.2, 0) is 24.1 Å². The third kappa shape index (κ3) is 6.30. The molecule has 26 heavy (non-hydrogen) atoms. The summed E-state index contributed by atoms with van der Waals surface area (Å²) in [7, 11) is 4.28. The van der Waals surface area contributed by atoms with Gasteiger partial charge in [-0.3, -0.25) is 0 Å². The molecule has 2 nitrogen and oxygen atoms in total. The Morgan fingerprint density at radius 1 is 0.962 bits per heavy atom. The van der Waals surface area contributed by atoms with E-state index in [0.717, 1.165) is 17.7 Å². The first-order valence-electron chi connectivity index (χ1n) is 8.39. The van der Waals surface area contributed by atoms with Gasteiger partial charge in [0.15, 0.2) is 0 Å². The molecule has 0 bridgehead atoms. The van der Waals surface area contributed by atoms with Gasteiger partial charge >= 0.3 is 155 Å². The van der Waals surface area contributed by atoms with Gasteiger partial charge in [-0.15, -0.1) is 24.8 Å². The third-order valence-corrected chi connectivity index (χ3v) is 5.74. The molecule has 0 saturated heterocycles. The van der Waals surface area contributed by atoms with Crippen molar-refractivity contribution < 1.29 is 19.4 Å². The number of nitrogens with one attached hydrogen (secondary N) is 1. The van der Waals surface area contributed by atoms with Gasteiger partial charge in [-0.2, -0.15) is 0 Å². The van der Waals surface area contributed by atoms with Crippen molar-refractivity contribution in [2.24, 2.45) is 0 Å². The average molecular weight is 425 g/mol. The van der Waals surface area contributed by atoms with E-state index in [9.17, 15) is 0 Å². The van der Waals surface area contributed by atoms with Crippen LogP contribution in [-0.4, -0.2) is 25.5 Å². The van der Waals surface area contributed by atoms with Crippen LogP contribution in [0.1, 0.15) is 17.5 Å². The first-order valence-corrected chi connectivity index (χ1v) is 10.3. The van der Waals surface area contributed by atoms with Crippen LogP contribution in [0.2, 0.25) is 0 Å². The minimum Gasteiger partial charge on any atom is -0.147 e. The van der Waals surface area contributed by atoms with E-state index in [1.54, 1.807) is 0 Å². The minimum atomic E-state index is -0.243. The molecule has 0 saturated carbocycles. The second-order valence-corrected chi connectivity index (χ2v) is 7.84. The van der Waals surface area contributed by atoms with Crippen LogP contribution in [0.15, 0.2) is 72.3 Å². The molecule has 138 valence electrons. The maximum Gasteiger partial charge on any atom is -0.147 e. The van der Waals surface area contributed by atoms with Crippen LogP contribution >= 0.6 is 24.8 Å². The molecule has 3 rings (SSSR count). The third-order valence-electron chi connectivity index (χ3n) is 4.14. The van der Waals surface area contributed by atoms with Crippen molar-refractivity contribution in [1.82, 2.24) is 4.90 Å². The van der Waals surface area contributed by atoms with E-state index in [1.807, 2.05) is 0 Å². The Labute approximate surface area is 178 Å². The predicted molar refractivity (Wildman–Crippen MR) is 114 cm³/mol. The topological polar surface area (TPSA) is 15.3 Å². The van der Waals surface area contributed by atoms with Gasteiger partial charge in [0.05, 0.1) is 0 Å². The molecule has 0 heterocycles. The molecule has 0 aliphatic heterocycles. The van der Waals surface area contributed by atoms with Gasteiger partial charge < -0.3 is 0 Å². The van der Waals surface area contributed by atoms with Gasteiger partial charge in [0.25, 0.3) is 0 Å². The second kappa shape index (κ2) is 11.6. The summed E-state index contributed by atoms with van der Waals surface area (Å²) >= 11 is -0.243. The van der Waals surface area contributed by atoms with Crippen LogP contribution in [0.3, 0.4) is 0 Å².